The van der Waals surface area contributed by atoms with Crippen molar-refractivity contribution in [3.05, 3.63) is 0 Å². The van der Waals surface area contributed by atoms with Crippen molar-refractivity contribution in [2.24, 2.45) is 5.92 Å². The predicted octanol–water partition coefficient (Wildman–Crippen LogP) is -0.299. The van der Waals surface area contributed by atoms with Crippen molar-refractivity contribution in [3.63, 3.8) is 0 Å². The van der Waals surface area contributed by atoms with E-state index in [-0.39, 0.29) is 6.04 Å². The third kappa shape index (κ3) is 2.70. The number of methoxy groups -OCH3 is 1. The third-order valence-corrected chi connectivity index (χ3v) is 2.40. The zero-order valence-electron chi connectivity index (χ0n) is 8.41. The molecule has 0 aromatic heterocycles. The molecule has 1 aliphatic heterocycles. The average Bonchev–Trinajstić information content (AvgIpc) is 2.69. The highest BCUT2D eigenvalue weighted by molar-refractivity contribution is 6.32. The number of rotatable bonds is 2. The van der Waals surface area contributed by atoms with Gasteiger partial charge in [0.2, 0.25) is 0 Å². The van der Waals surface area contributed by atoms with Gasteiger partial charge in [0.15, 0.2) is 0 Å². The average molecular weight is 201 g/mol. The Morgan fingerprint density at radius 1 is 1.57 bits per heavy atom. The second-order valence-corrected chi connectivity index (χ2v) is 3.38. The largest absolute Gasteiger partial charge is 0.462 e. The summed E-state index contributed by atoms with van der Waals surface area (Å²) in [6.07, 6.45) is 0.919. The maximum atomic E-state index is 11.1. The Morgan fingerprint density at radius 2 is 2.29 bits per heavy atom. The normalized spacial score (nSPS) is 22.9. The van der Waals surface area contributed by atoms with Crippen molar-refractivity contribution >= 4 is 11.9 Å². The molecule has 0 aromatic rings. The Balaban J connectivity index is 2.35. The Labute approximate surface area is 82.8 Å². The first kappa shape index (κ1) is 11.0. The topological polar surface area (TPSA) is 64.6 Å². The second-order valence-electron chi connectivity index (χ2n) is 3.38. The maximum absolute atomic E-state index is 11.1. The van der Waals surface area contributed by atoms with Crippen LogP contribution in [0.5, 0.6) is 0 Å². The molecule has 1 amide bonds. The van der Waals surface area contributed by atoms with Crippen LogP contribution in [0.3, 0.4) is 0 Å². The predicted molar refractivity (Wildman–Crippen MR) is 48.5 cm³/mol. The molecule has 1 rings (SSSR count). The van der Waals surface area contributed by atoms with Crippen LogP contribution in [-0.2, 0) is 19.1 Å². The third-order valence-electron chi connectivity index (χ3n) is 2.40. The highest BCUT2D eigenvalue weighted by atomic mass is 16.5. The van der Waals surface area contributed by atoms with Gasteiger partial charge in [-0.15, -0.1) is 0 Å². The number of hydrogen-bond donors (Lipinski definition) is 1. The minimum atomic E-state index is -0.851. The van der Waals surface area contributed by atoms with E-state index in [1.165, 1.54) is 7.11 Å². The van der Waals surface area contributed by atoms with Gasteiger partial charge in [0.05, 0.1) is 13.7 Å². The Bertz CT molecular complexity index is 223. The fourth-order valence-electron chi connectivity index (χ4n) is 1.42. The Hall–Kier alpha value is -1.10. The van der Waals surface area contributed by atoms with E-state index in [1.807, 2.05) is 6.92 Å². The van der Waals surface area contributed by atoms with Crippen LogP contribution in [-0.4, -0.2) is 38.2 Å². The van der Waals surface area contributed by atoms with Crippen LogP contribution in [0.15, 0.2) is 0 Å². The molecule has 1 heterocycles. The molecule has 2 unspecified atom stereocenters. The van der Waals surface area contributed by atoms with Crippen molar-refractivity contribution in [2.45, 2.75) is 19.4 Å². The van der Waals surface area contributed by atoms with E-state index in [9.17, 15) is 9.59 Å². The first-order chi connectivity index (χ1) is 6.65. The van der Waals surface area contributed by atoms with E-state index >= 15 is 0 Å². The molecule has 5 heteroatoms. The van der Waals surface area contributed by atoms with Gasteiger partial charge in [-0.1, -0.05) is 0 Å². The second kappa shape index (κ2) is 4.95. The lowest BCUT2D eigenvalue weighted by Gasteiger charge is -2.18. The van der Waals surface area contributed by atoms with E-state index in [1.54, 1.807) is 0 Å². The lowest BCUT2D eigenvalue weighted by atomic mass is 10.0. The van der Waals surface area contributed by atoms with Gasteiger partial charge in [-0.2, -0.15) is 0 Å². The number of carbonyl (C=O) groups excluding carboxylic acids is 2. The van der Waals surface area contributed by atoms with Crippen molar-refractivity contribution in [1.82, 2.24) is 5.32 Å². The number of esters is 1. The summed E-state index contributed by atoms with van der Waals surface area (Å²) in [5.41, 5.74) is 0. The van der Waals surface area contributed by atoms with Crippen LogP contribution in [0, 0.1) is 5.92 Å². The summed E-state index contributed by atoms with van der Waals surface area (Å²) in [6.45, 7) is 3.23. The smallest absolute Gasteiger partial charge is 0.396 e. The summed E-state index contributed by atoms with van der Waals surface area (Å²) in [5.74, 6) is -1.24. The molecule has 0 bridgehead atoms. The number of hydrogen-bond acceptors (Lipinski definition) is 4. The van der Waals surface area contributed by atoms with E-state index in [0.29, 0.717) is 12.5 Å². The monoisotopic (exact) mass is 201 g/mol. The number of carbonyl (C=O) groups is 2. The van der Waals surface area contributed by atoms with Gasteiger partial charge < -0.3 is 14.8 Å². The van der Waals surface area contributed by atoms with Gasteiger partial charge in [0.25, 0.3) is 0 Å². The molecule has 2 atom stereocenters. The first-order valence-corrected chi connectivity index (χ1v) is 4.61. The zero-order chi connectivity index (χ0) is 10.6. The molecule has 1 fully saturated rings. The molecule has 0 saturated carbocycles. The Kier molecular flexibility index (Phi) is 3.88. The van der Waals surface area contributed by atoms with Gasteiger partial charge in [-0.3, -0.25) is 4.79 Å². The summed E-state index contributed by atoms with van der Waals surface area (Å²) in [6, 6.07) is -0.0518. The summed E-state index contributed by atoms with van der Waals surface area (Å²) < 4.78 is 9.47. The van der Waals surface area contributed by atoms with Crippen LogP contribution in [0.1, 0.15) is 13.3 Å². The Morgan fingerprint density at radius 3 is 2.79 bits per heavy atom. The molecule has 1 N–H and O–H groups in total. The number of ether oxygens (including phenoxy) is 2. The molecular weight excluding hydrogens is 186 g/mol. The van der Waals surface area contributed by atoms with Gasteiger partial charge in [-0.05, 0) is 13.3 Å². The molecule has 0 spiro atoms. The molecule has 0 aromatic carbocycles. The summed E-state index contributed by atoms with van der Waals surface area (Å²) in [5, 5.41) is 2.58. The van der Waals surface area contributed by atoms with E-state index in [0.717, 1.165) is 13.0 Å². The highest BCUT2D eigenvalue weighted by Crippen LogP contribution is 2.16. The summed E-state index contributed by atoms with van der Waals surface area (Å²) in [7, 11) is 1.19. The molecule has 14 heavy (non-hydrogen) atoms. The maximum Gasteiger partial charge on any atom is 0.396 e. The van der Waals surface area contributed by atoms with Crippen LogP contribution < -0.4 is 5.32 Å². The standard InChI is InChI=1S/C9H15NO4/c1-6(7-3-4-14-5-7)10-8(11)9(12)13-2/h6-7H,3-5H2,1-2H3,(H,10,11). The summed E-state index contributed by atoms with van der Waals surface area (Å²) >= 11 is 0. The first-order valence-electron chi connectivity index (χ1n) is 4.61. The summed E-state index contributed by atoms with van der Waals surface area (Å²) in [4.78, 5) is 21.9. The van der Waals surface area contributed by atoms with Gasteiger partial charge >= 0.3 is 11.9 Å². The quantitative estimate of drug-likeness (QED) is 0.492. The lowest BCUT2D eigenvalue weighted by Crippen LogP contribution is -2.42. The lowest BCUT2D eigenvalue weighted by molar-refractivity contribution is -0.153. The molecule has 0 radical (unpaired) electrons. The fraction of sp³-hybridized carbons (Fsp3) is 0.778. The molecule has 5 nitrogen and oxygen atoms in total. The zero-order valence-corrected chi connectivity index (χ0v) is 8.41. The molecule has 80 valence electrons. The van der Waals surface area contributed by atoms with E-state index < -0.39 is 11.9 Å². The van der Waals surface area contributed by atoms with Crippen LogP contribution in [0.2, 0.25) is 0 Å². The van der Waals surface area contributed by atoms with Gasteiger partial charge in [-0.25, -0.2) is 4.79 Å². The SMILES string of the molecule is COC(=O)C(=O)NC(C)C1CCOC1. The van der Waals surface area contributed by atoms with E-state index in [4.69, 9.17) is 4.74 Å². The van der Waals surface area contributed by atoms with Crippen LogP contribution in [0.4, 0.5) is 0 Å². The molecule has 1 aliphatic rings. The minimum absolute atomic E-state index is 0.0518. The number of amides is 1. The number of nitrogens with one attached hydrogen (secondary N) is 1. The van der Waals surface area contributed by atoms with Gasteiger partial charge in [0, 0.05) is 18.6 Å². The van der Waals surface area contributed by atoms with Crippen LogP contribution >= 0.6 is 0 Å². The fourth-order valence-corrected chi connectivity index (χ4v) is 1.42. The van der Waals surface area contributed by atoms with Crippen molar-refractivity contribution < 1.29 is 19.1 Å². The highest BCUT2D eigenvalue weighted by Gasteiger charge is 2.25. The minimum Gasteiger partial charge on any atom is -0.462 e. The molecule has 0 aliphatic carbocycles. The molecular formula is C9H15NO4. The van der Waals surface area contributed by atoms with Crippen molar-refractivity contribution in [2.75, 3.05) is 20.3 Å². The van der Waals surface area contributed by atoms with Crippen molar-refractivity contribution in [1.29, 1.82) is 0 Å². The van der Waals surface area contributed by atoms with E-state index in [2.05, 4.69) is 10.1 Å². The van der Waals surface area contributed by atoms with Crippen molar-refractivity contribution in [3.8, 4) is 0 Å². The van der Waals surface area contributed by atoms with Crippen LogP contribution in [0.25, 0.3) is 0 Å². The molecule has 1 saturated heterocycles. The van der Waals surface area contributed by atoms with Gasteiger partial charge in [0.1, 0.15) is 0 Å².